The molecule has 1 aromatic carbocycles. The van der Waals surface area contributed by atoms with Gasteiger partial charge in [-0.3, -0.25) is 0 Å². The third-order valence-corrected chi connectivity index (χ3v) is 3.00. The predicted molar refractivity (Wildman–Crippen MR) is 71.8 cm³/mol. The molecule has 0 fully saturated rings. The van der Waals surface area contributed by atoms with Crippen LogP contribution in [0.5, 0.6) is 0 Å². The number of nitrogens with two attached hydrogens (primary N) is 1. The number of aryl methyl sites for hydroxylation is 1. The average Bonchev–Trinajstić information content (AvgIpc) is 2.29. The summed E-state index contributed by atoms with van der Waals surface area (Å²) in [6, 6.07) is 5.17. The Morgan fingerprint density at radius 2 is 2.06 bits per heavy atom. The summed E-state index contributed by atoms with van der Waals surface area (Å²) >= 11 is 0. The van der Waals surface area contributed by atoms with Crippen molar-refractivity contribution in [2.24, 2.45) is 5.73 Å². The zero-order valence-corrected chi connectivity index (χ0v) is 11.3. The van der Waals surface area contributed by atoms with E-state index in [2.05, 4.69) is 5.32 Å². The topological polar surface area (TPSA) is 58.3 Å². The second kappa shape index (κ2) is 6.83. The van der Waals surface area contributed by atoms with Crippen LogP contribution >= 0.6 is 0 Å². The molecule has 4 heteroatoms. The van der Waals surface area contributed by atoms with Gasteiger partial charge in [0, 0.05) is 18.6 Å². The molecule has 0 saturated heterocycles. The molecule has 0 spiro atoms. The van der Waals surface area contributed by atoms with Crippen molar-refractivity contribution in [3.63, 3.8) is 0 Å². The van der Waals surface area contributed by atoms with Crippen molar-refractivity contribution in [3.8, 4) is 0 Å². The van der Waals surface area contributed by atoms with Crippen LogP contribution in [0.1, 0.15) is 37.4 Å². The Kier molecular flexibility index (Phi) is 5.72. The van der Waals surface area contributed by atoms with E-state index >= 15 is 0 Å². The molecule has 4 N–H and O–H groups in total. The Morgan fingerprint density at radius 1 is 1.39 bits per heavy atom. The summed E-state index contributed by atoms with van der Waals surface area (Å²) in [5.41, 5.74) is 7.35. The lowest BCUT2D eigenvalue weighted by Crippen LogP contribution is -2.36. The molecule has 0 radical (unpaired) electrons. The van der Waals surface area contributed by atoms with Crippen LogP contribution in [0.25, 0.3) is 0 Å². The van der Waals surface area contributed by atoms with Crippen LogP contribution in [0, 0.1) is 12.7 Å². The summed E-state index contributed by atoms with van der Waals surface area (Å²) in [7, 11) is 0. The fourth-order valence-corrected chi connectivity index (χ4v) is 2.11. The molecule has 1 aromatic rings. The molecule has 3 nitrogen and oxygen atoms in total. The summed E-state index contributed by atoms with van der Waals surface area (Å²) in [6.07, 6.45) is 0.317. The highest BCUT2D eigenvalue weighted by atomic mass is 19.1. The van der Waals surface area contributed by atoms with Crippen molar-refractivity contribution >= 4 is 0 Å². The quantitative estimate of drug-likeness (QED) is 0.726. The minimum Gasteiger partial charge on any atom is -0.393 e. The van der Waals surface area contributed by atoms with Gasteiger partial charge in [-0.05, 0) is 44.4 Å². The number of nitrogens with one attached hydrogen (secondary N) is 1. The number of rotatable bonds is 6. The lowest BCUT2D eigenvalue weighted by Gasteiger charge is -2.23. The zero-order chi connectivity index (χ0) is 13.7. The molecule has 0 aliphatic carbocycles. The molecule has 102 valence electrons. The van der Waals surface area contributed by atoms with Crippen molar-refractivity contribution in [1.82, 2.24) is 5.32 Å². The molecule has 0 amide bonds. The monoisotopic (exact) mass is 254 g/mol. The maximum atomic E-state index is 13.2. The number of aliphatic hydroxyl groups is 1. The highest BCUT2D eigenvalue weighted by Crippen LogP contribution is 2.17. The van der Waals surface area contributed by atoms with Gasteiger partial charge in [0.2, 0.25) is 0 Å². The Labute approximate surface area is 108 Å². The predicted octanol–water partition coefficient (Wildman–Crippen LogP) is 1.88. The van der Waals surface area contributed by atoms with Gasteiger partial charge in [0.25, 0.3) is 0 Å². The molecule has 3 atom stereocenters. The third-order valence-electron chi connectivity index (χ3n) is 3.00. The van der Waals surface area contributed by atoms with E-state index in [1.807, 2.05) is 13.0 Å². The van der Waals surface area contributed by atoms with Crippen molar-refractivity contribution in [2.45, 2.75) is 45.4 Å². The van der Waals surface area contributed by atoms with E-state index in [9.17, 15) is 9.50 Å². The smallest absolute Gasteiger partial charge is 0.126 e. The Morgan fingerprint density at radius 3 is 2.56 bits per heavy atom. The lowest BCUT2D eigenvalue weighted by atomic mass is 10.0. The minimum atomic E-state index is -0.346. The maximum absolute atomic E-state index is 13.2. The van der Waals surface area contributed by atoms with E-state index < -0.39 is 0 Å². The summed E-state index contributed by atoms with van der Waals surface area (Å²) in [5, 5.41) is 12.7. The van der Waals surface area contributed by atoms with Gasteiger partial charge in [-0.2, -0.15) is 0 Å². The number of hydrogen-bond donors (Lipinski definition) is 3. The third kappa shape index (κ3) is 4.37. The van der Waals surface area contributed by atoms with Crippen LogP contribution in [-0.2, 0) is 0 Å². The van der Waals surface area contributed by atoms with Gasteiger partial charge >= 0.3 is 0 Å². The molecule has 0 heterocycles. The largest absolute Gasteiger partial charge is 0.393 e. The van der Waals surface area contributed by atoms with Crippen LogP contribution in [0.4, 0.5) is 4.39 Å². The summed E-state index contributed by atoms with van der Waals surface area (Å²) in [5.74, 6) is -0.202. The van der Waals surface area contributed by atoms with Gasteiger partial charge in [0.15, 0.2) is 0 Å². The van der Waals surface area contributed by atoms with Crippen LogP contribution in [0.2, 0.25) is 0 Å². The second-order valence-electron chi connectivity index (χ2n) is 4.95. The summed E-state index contributed by atoms with van der Waals surface area (Å²) < 4.78 is 13.2. The zero-order valence-electron chi connectivity index (χ0n) is 11.3. The van der Waals surface area contributed by atoms with Gasteiger partial charge in [-0.25, -0.2) is 4.39 Å². The maximum Gasteiger partial charge on any atom is 0.126 e. The molecule has 18 heavy (non-hydrogen) atoms. The van der Waals surface area contributed by atoms with Crippen LogP contribution < -0.4 is 11.1 Å². The fraction of sp³-hybridized carbons (Fsp3) is 0.571. The van der Waals surface area contributed by atoms with Gasteiger partial charge in [-0.15, -0.1) is 0 Å². The number of hydrogen-bond acceptors (Lipinski definition) is 3. The molecule has 1 rings (SSSR count). The average molecular weight is 254 g/mol. The van der Waals surface area contributed by atoms with E-state index in [-0.39, 0.29) is 24.0 Å². The van der Waals surface area contributed by atoms with Crippen molar-refractivity contribution in [1.29, 1.82) is 0 Å². The van der Waals surface area contributed by atoms with Crippen molar-refractivity contribution in [3.05, 3.63) is 35.1 Å². The van der Waals surface area contributed by atoms with Crippen molar-refractivity contribution < 1.29 is 9.50 Å². The van der Waals surface area contributed by atoms with E-state index in [1.54, 1.807) is 19.9 Å². The van der Waals surface area contributed by atoms with E-state index in [1.165, 1.54) is 6.07 Å². The highest BCUT2D eigenvalue weighted by molar-refractivity contribution is 5.26. The number of benzene rings is 1. The molecule has 3 unspecified atom stereocenters. The normalized spacial score (nSPS) is 16.3. The fourth-order valence-electron chi connectivity index (χ4n) is 2.11. The first-order valence-electron chi connectivity index (χ1n) is 6.34. The molecule has 0 aromatic heterocycles. The minimum absolute atomic E-state index is 0.0157. The van der Waals surface area contributed by atoms with Gasteiger partial charge in [0.1, 0.15) is 5.82 Å². The van der Waals surface area contributed by atoms with Gasteiger partial charge in [0.05, 0.1) is 6.10 Å². The Bertz CT molecular complexity index is 382. The van der Waals surface area contributed by atoms with Crippen LogP contribution in [0.3, 0.4) is 0 Å². The lowest BCUT2D eigenvalue weighted by molar-refractivity contribution is 0.168. The van der Waals surface area contributed by atoms with Gasteiger partial charge < -0.3 is 16.2 Å². The molecule has 0 aliphatic rings. The molecular formula is C14H23FN2O. The summed E-state index contributed by atoms with van der Waals surface area (Å²) in [4.78, 5) is 0. The standard InChI is InChI=1S/C14H23FN2O/c1-9-6-12(4-5-13(9)15)14(8-16)17-10(2)7-11(3)18/h4-6,10-11,14,17-18H,7-8,16H2,1-3H3. The first kappa shape index (κ1) is 15.1. The highest BCUT2D eigenvalue weighted by Gasteiger charge is 2.15. The van der Waals surface area contributed by atoms with Crippen molar-refractivity contribution in [2.75, 3.05) is 6.54 Å². The first-order chi connectivity index (χ1) is 8.43. The van der Waals surface area contributed by atoms with E-state index in [0.717, 1.165) is 5.56 Å². The first-order valence-corrected chi connectivity index (χ1v) is 6.34. The molecule has 0 saturated carbocycles. The Balaban J connectivity index is 2.73. The Hall–Kier alpha value is -0.970. The van der Waals surface area contributed by atoms with E-state index in [0.29, 0.717) is 18.5 Å². The molecular weight excluding hydrogens is 231 g/mol. The van der Waals surface area contributed by atoms with Crippen LogP contribution in [-0.4, -0.2) is 23.8 Å². The summed E-state index contributed by atoms with van der Waals surface area (Å²) in [6.45, 7) is 5.95. The molecule has 0 aliphatic heterocycles. The number of halogens is 1. The second-order valence-corrected chi connectivity index (χ2v) is 4.95. The van der Waals surface area contributed by atoms with Crippen LogP contribution in [0.15, 0.2) is 18.2 Å². The number of aliphatic hydroxyl groups excluding tert-OH is 1. The van der Waals surface area contributed by atoms with Gasteiger partial charge in [-0.1, -0.05) is 12.1 Å². The molecule has 0 bridgehead atoms. The van der Waals surface area contributed by atoms with E-state index in [4.69, 9.17) is 5.73 Å². The SMILES string of the molecule is Cc1cc(C(CN)NC(C)CC(C)O)ccc1F.